The Balaban J connectivity index is 2.46. The summed E-state index contributed by atoms with van der Waals surface area (Å²) in [6, 6.07) is 13.5. The second-order valence-electron chi connectivity index (χ2n) is 12.0. The van der Waals surface area contributed by atoms with Crippen LogP contribution in [0, 0.1) is 24.7 Å². The molecule has 2 unspecified atom stereocenters. The van der Waals surface area contributed by atoms with Gasteiger partial charge in [-0.15, -0.1) is 0 Å². The summed E-state index contributed by atoms with van der Waals surface area (Å²) in [5, 5.41) is 6.05. The van der Waals surface area contributed by atoms with Gasteiger partial charge >= 0.3 is 12.0 Å². The number of nitrogens with one attached hydrogen (secondary N) is 2. The third-order valence-electron chi connectivity index (χ3n) is 6.85. The molecule has 2 aromatic carbocycles. The van der Waals surface area contributed by atoms with Crippen molar-refractivity contribution in [2.45, 2.75) is 86.1 Å². The third-order valence-corrected chi connectivity index (χ3v) is 7.44. The number of hydrogen-bond donors (Lipinski definition) is 2. The minimum atomic E-state index is -0.663. The first-order valence-electron chi connectivity index (χ1n) is 14.1. The predicted molar refractivity (Wildman–Crippen MR) is 165 cm³/mol. The molecule has 0 fully saturated rings. The molecule has 0 aliphatic rings. The Labute approximate surface area is 240 Å². The fourth-order valence-corrected chi connectivity index (χ4v) is 4.51. The average Bonchev–Trinajstić information content (AvgIpc) is 2.84. The summed E-state index contributed by atoms with van der Waals surface area (Å²) in [7, 11) is 0. The molecule has 216 valence electrons. The number of nitrogens with zero attached hydrogens (tertiary/aromatic N) is 1. The van der Waals surface area contributed by atoms with Gasteiger partial charge < -0.3 is 20.3 Å². The van der Waals surface area contributed by atoms with E-state index in [0.29, 0.717) is 23.9 Å². The number of esters is 1. The van der Waals surface area contributed by atoms with E-state index in [-0.39, 0.29) is 24.3 Å². The standard InChI is InChI=1S/C32H48ClN3O3/c1-10-32(9,18-29(37)39-30(33)23(6)7)25-13-16-28(36(19-21(2)3)20-22(4)5)27(17-25)35-31(38)34-26-14-11-24(8)12-15-26/h11-17,21-23,30H,10,18-20H2,1-9H3,(H2,34,35,38). The first-order chi connectivity index (χ1) is 18.2. The Kier molecular flexibility index (Phi) is 12.2. The summed E-state index contributed by atoms with van der Waals surface area (Å²) in [4.78, 5) is 28.3. The van der Waals surface area contributed by atoms with Crippen LogP contribution in [0.25, 0.3) is 0 Å². The van der Waals surface area contributed by atoms with Gasteiger partial charge in [0.2, 0.25) is 0 Å². The normalized spacial score (nSPS) is 13.8. The van der Waals surface area contributed by atoms with Gasteiger partial charge in [0, 0.05) is 30.1 Å². The molecule has 0 heterocycles. The van der Waals surface area contributed by atoms with Crippen molar-refractivity contribution >= 4 is 40.7 Å². The summed E-state index contributed by atoms with van der Waals surface area (Å²) in [5.74, 6) is 0.583. The molecule has 7 heteroatoms. The number of carbonyl (C=O) groups is 2. The summed E-state index contributed by atoms with van der Waals surface area (Å²) < 4.78 is 5.49. The molecule has 0 saturated heterocycles. The number of urea groups is 1. The zero-order chi connectivity index (χ0) is 29.3. The molecular weight excluding hydrogens is 510 g/mol. The number of aryl methyl sites for hydroxylation is 1. The lowest BCUT2D eigenvalue weighted by atomic mass is 9.77. The zero-order valence-electron chi connectivity index (χ0n) is 25.2. The number of hydrogen-bond acceptors (Lipinski definition) is 4. The van der Waals surface area contributed by atoms with Crippen LogP contribution in [0.2, 0.25) is 0 Å². The highest BCUT2D eigenvalue weighted by atomic mass is 35.5. The number of anilines is 3. The van der Waals surface area contributed by atoms with Gasteiger partial charge in [-0.05, 0) is 55.0 Å². The smallest absolute Gasteiger partial charge is 0.323 e. The molecule has 2 amide bonds. The lowest BCUT2D eigenvalue weighted by Crippen LogP contribution is -2.33. The number of halogens is 1. The van der Waals surface area contributed by atoms with Crippen LogP contribution in [0.4, 0.5) is 21.9 Å². The predicted octanol–water partition coefficient (Wildman–Crippen LogP) is 8.58. The third kappa shape index (κ3) is 10.1. The molecular formula is C32H48ClN3O3. The minimum Gasteiger partial charge on any atom is -0.446 e. The van der Waals surface area contributed by atoms with E-state index in [1.165, 1.54) is 0 Å². The molecule has 0 saturated carbocycles. The first-order valence-corrected chi connectivity index (χ1v) is 14.5. The van der Waals surface area contributed by atoms with Crippen molar-refractivity contribution in [3.63, 3.8) is 0 Å². The maximum atomic E-state index is 13.1. The van der Waals surface area contributed by atoms with Crippen molar-refractivity contribution < 1.29 is 14.3 Å². The quantitative estimate of drug-likeness (QED) is 0.191. The first kappa shape index (κ1) is 32.5. The number of benzene rings is 2. The molecule has 0 spiro atoms. The Hall–Kier alpha value is -2.73. The Morgan fingerprint density at radius 2 is 1.54 bits per heavy atom. The SMILES string of the molecule is CCC(C)(CC(=O)OC(Cl)C(C)C)c1ccc(N(CC(C)C)CC(C)C)c(NC(=O)Nc2ccc(C)cc2)c1. The van der Waals surface area contributed by atoms with Crippen molar-refractivity contribution in [2.75, 3.05) is 28.6 Å². The minimum absolute atomic E-state index is 0.0264. The fraction of sp³-hybridized carbons (Fsp3) is 0.562. The molecule has 0 aliphatic carbocycles. The summed E-state index contributed by atoms with van der Waals surface area (Å²) in [6.45, 7) is 20.5. The van der Waals surface area contributed by atoms with Gasteiger partial charge in [0.1, 0.15) is 0 Å². The number of carbonyl (C=O) groups excluding carboxylic acids is 2. The topological polar surface area (TPSA) is 70.7 Å². The molecule has 0 bridgehead atoms. The van der Waals surface area contributed by atoms with Gasteiger partial charge in [0.15, 0.2) is 5.56 Å². The van der Waals surface area contributed by atoms with Crippen molar-refractivity contribution in [2.24, 2.45) is 17.8 Å². The van der Waals surface area contributed by atoms with Crippen LogP contribution < -0.4 is 15.5 Å². The highest BCUT2D eigenvalue weighted by Gasteiger charge is 2.31. The average molecular weight is 558 g/mol. The Bertz CT molecular complexity index is 1070. The van der Waals surface area contributed by atoms with Gasteiger partial charge in [-0.25, -0.2) is 4.79 Å². The lowest BCUT2D eigenvalue weighted by molar-refractivity contribution is -0.148. The largest absolute Gasteiger partial charge is 0.446 e. The van der Waals surface area contributed by atoms with E-state index in [2.05, 4.69) is 69.2 Å². The van der Waals surface area contributed by atoms with E-state index in [4.69, 9.17) is 16.3 Å². The van der Waals surface area contributed by atoms with Crippen molar-refractivity contribution in [1.82, 2.24) is 0 Å². The van der Waals surface area contributed by atoms with Crippen LogP contribution in [0.5, 0.6) is 0 Å². The second-order valence-corrected chi connectivity index (χ2v) is 12.5. The molecule has 0 aliphatic heterocycles. The Morgan fingerprint density at radius 3 is 2.05 bits per heavy atom. The molecule has 6 nitrogen and oxygen atoms in total. The van der Waals surface area contributed by atoms with E-state index >= 15 is 0 Å². The van der Waals surface area contributed by atoms with Gasteiger partial charge in [-0.3, -0.25) is 4.79 Å². The van der Waals surface area contributed by atoms with Crippen molar-refractivity contribution in [3.8, 4) is 0 Å². The monoisotopic (exact) mass is 557 g/mol. The van der Waals surface area contributed by atoms with Gasteiger partial charge in [-0.1, -0.05) is 90.8 Å². The van der Waals surface area contributed by atoms with Gasteiger partial charge in [-0.2, -0.15) is 0 Å². The number of rotatable bonds is 13. The number of alkyl halides is 1. The number of amides is 2. The molecule has 2 aromatic rings. The molecule has 39 heavy (non-hydrogen) atoms. The van der Waals surface area contributed by atoms with Crippen LogP contribution in [0.15, 0.2) is 42.5 Å². The fourth-order valence-electron chi connectivity index (χ4n) is 4.41. The second kappa shape index (κ2) is 14.6. The van der Waals surface area contributed by atoms with Gasteiger partial charge in [0.05, 0.1) is 17.8 Å². The van der Waals surface area contributed by atoms with E-state index in [9.17, 15) is 9.59 Å². The van der Waals surface area contributed by atoms with Crippen molar-refractivity contribution in [1.29, 1.82) is 0 Å². The maximum absolute atomic E-state index is 13.1. The Morgan fingerprint density at radius 1 is 0.949 bits per heavy atom. The summed E-state index contributed by atoms with van der Waals surface area (Å²) in [6.07, 6.45) is 0.905. The molecule has 2 rings (SSSR count). The lowest BCUT2D eigenvalue weighted by Gasteiger charge is -2.33. The van der Waals surface area contributed by atoms with Crippen LogP contribution in [-0.4, -0.2) is 30.7 Å². The van der Waals surface area contributed by atoms with E-state index in [0.717, 1.165) is 35.6 Å². The van der Waals surface area contributed by atoms with E-state index in [1.54, 1.807) is 0 Å². The highest BCUT2D eigenvalue weighted by molar-refractivity contribution is 6.20. The zero-order valence-corrected chi connectivity index (χ0v) is 26.0. The summed E-state index contributed by atoms with van der Waals surface area (Å²) >= 11 is 6.22. The summed E-state index contributed by atoms with van der Waals surface area (Å²) in [5.41, 5.74) is 3.32. The van der Waals surface area contributed by atoms with Crippen LogP contribution in [0.1, 0.15) is 79.4 Å². The van der Waals surface area contributed by atoms with Crippen molar-refractivity contribution in [3.05, 3.63) is 53.6 Å². The van der Waals surface area contributed by atoms with Crippen LogP contribution in [-0.2, 0) is 14.9 Å². The molecule has 0 radical (unpaired) electrons. The van der Waals surface area contributed by atoms with Crippen LogP contribution >= 0.6 is 11.6 Å². The number of ether oxygens (including phenoxy) is 1. The van der Waals surface area contributed by atoms with E-state index in [1.807, 2.05) is 51.1 Å². The van der Waals surface area contributed by atoms with Crippen LogP contribution in [0.3, 0.4) is 0 Å². The molecule has 2 atom stereocenters. The van der Waals surface area contributed by atoms with E-state index < -0.39 is 11.0 Å². The highest BCUT2D eigenvalue weighted by Crippen LogP contribution is 2.38. The maximum Gasteiger partial charge on any atom is 0.323 e. The molecule has 2 N–H and O–H groups in total. The molecule has 0 aromatic heterocycles. The van der Waals surface area contributed by atoms with Gasteiger partial charge in [0.25, 0.3) is 0 Å².